The zero-order valence-corrected chi connectivity index (χ0v) is 17.2. The summed E-state index contributed by atoms with van der Waals surface area (Å²) in [6, 6.07) is 11.1. The summed E-state index contributed by atoms with van der Waals surface area (Å²) < 4.78 is 7.81. The van der Waals surface area contributed by atoms with Crippen LogP contribution in [0.25, 0.3) is 21.7 Å². The van der Waals surface area contributed by atoms with Gasteiger partial charge < -0.3 is 9.32 Å². The molecule has 1 aromatic carbocycles. The van der Waals surface area contributed by atoms with Crippen LogP contribution in [0.4, 0.5) is 5.13 Å². The quantitative estimate of drug-likeness (QED) is 0.468. The molecule has 0 bridgehead atoms. The molecule has 5 rings (SSSR count). The minimum atomic E-state index is -0.213. The standard InChI is InChI=1S/C21H19ClN4O2S/c22-15-8-3-2-7-14(15)13-26-20(27)18-19(17(24-26)16-9-6-12-28-16)29-21(23-18)25-10-4-1-5-11-25/h2-3,6-9,12H,1,4-5,10-11,13H2. The van der Waals surface area contributed by atoms with Crippen molar-refractivity contribution in [2.75, 3.05) is 18.0 Å². The van der Waals surface area contributed by atoms with Gasteiger partial charge in [-0.15, -0.1) is 0 Å². The van der Waals surface area contributed by atoms with Crippen LogP contribution >= 0.6 is 22.9 Å². The first-order valence-electron chi connectivity index (χ1n) is 9.64. The van der Waals surface area contributed by atoms with Crippen molar-refractivity contribution >= 4 is 38.3 Å². The first kappa shape index (κ1) is 18.4. The summed E-state index contributed by atoms with van der Waals surface area (Å²) in [4.78, 5) is 20.2. The molecule has 29 heavy (non-hydrogen) atoms. The Morgan fingerprint density at radius 3 is 2.69 bits per heavy atom. The molecular weight excluding hydrogens is 408 g/mol. The summed E-state index contributed by atoms with van der Waals surface area (Å²) >= 11 is 7.82. The van der Waals surface area contributed by atoms with E-state index in [-0.39, 0.29) is 12.1 Å². The van der Waals surface area contributed by atoms with Crippen molar-refractivity contribution in [2.24, 2.45) is 0 Å². The number of halogens is 1. The lowest BCUT2D eigenvalue weighted by molar-refractivity contribution is 0.571. The minimum Gasteiger partial charge on any atom is -0.463 e. The normalized spacial score (nSPS) is 14.6. The number of hydrogen-bond acceptors (Lipinski definition) is 6. The third-order valence-corrected chi connectivity index (χ3v) is 6.64. The second-order valence-corrected chi connectivity index (χ2v) is 8.49. The maximum atomic E-state index is 13.2. The average Bonchev–Trinajstić information content (AvgIpc) is 3.43. The van der Waals surface area contributed by atoms with Crippen LogP contribution in [0.2, 0.25) is 5.02 Å². The number of aromatic nitrogens is 3. The van der Waals surface area contributed by atoms with Crippen LogP contribution in [0.3, 0.4) is 0 Å². The van der Waals surface area contributed by atoms with E-state index in [0.29, 0.717) is 22.0 Å². The lowest BCUT2D eigenvalue weighted by atomic mass is 10.1. The van der Waals surface area contributed by atoms with Crippen LogP contribution in [0.1, 0.15) is 24.8 Å². The summed E-state index contributed by atoms with van der Waals surface area (Å²) in [6.07, 6.45) is 5.15. The number of fused-ring (bicyclic) bond motifs is 1. The molecule has 6 nitrogen and oxygen atoms in total. The van der Waals surface area contributed by atoms with E-state index in [9.17, 15) is 4.79 Å². The SMILES string of the molecule is O=c1c2nc(N3CCCCC3)sc2c(-c2ccco2)nn1Cc1ccccc1Cl. The number of piperidine rings is 1. The Hall–Kier alpha value is -2.64. The van der Waals surface area contributed by atoms with Crippen LogP contribution in [-0.4, -0.2) is 27.9 Å². The second kappa shape index (κ2) is 7.65. The van der Waals surface area contributed by atoms with Gasteiger partial charge in [-0.3, -0.25) is 4.79 Å². The molecule has 1 fully saturated rings. The molecule has 0 spiro atoms. The van der Waals surface area contributed by atoms with Crippen molar-refractivity contribution in [3.63, 3.8) is 0 Å². The highest BCUT2D eigenvalue weighted by Gasteiger charge is 2.22. The molecule has 0 atom stereocenters. The van der Waals surface area contributed by atoms with Gasteiger partial charge in [-0.2, -0.15) is 5.10 Å². The maximum Gasteiger partial charge on any atom is 0.294 e. The Bertz CT molecular complexity index is 1210. The van der Waals surface area contributed by atoms with Gasteiger partial charge in [0.1, 0.15) is 5.69 Å². The van der Waals surface area contributed by atoms with Crippen molar-refractivity contribution in [1.82, 2.24) is 14.8 Å². The molecular formula is C21H19ClN4O2S. The Morgan fingerprint density at radius 2 is 1.93 bits per heavy atom. The third-order valence-electron chi connectivity index (χ3n) is 5.15. The fourth-order valence-corrected chi connectivity index (χ4v) is 4.93. The van der Waals surface area contributed by atoms with Crippen LogP contribution in [0.5, 0.6) is 0 Å². The largest absolute Gasteiger partial charge is 0.463 e. The van der Waals surface area contributed by atoms with E-state index >= 15 is 0 Å². The molecule has 4 heterocycles. The maximum absolute atomic E-state index is 13.2. The Kier molecular flexibility index (Phi) is 4.85. The van der Waals surface area contributed by atoms with E-state index < -0.39 is 0 Å². The fourth-order valence-electron chi connectivity index (χ4n) is 3.64. The molecule has 4 aromatic rings. The molecule has 0 radical (unpaired) electrons. The summed E-state index contributed by atoms with van der Waals surface area (Å²) in [7, 11) is 0. The topological polar surface area (TPSA) is 64.2 Å². The smallest absolute Gasteiger partial charge is 0.294 e. The number of thiazole rings is 1. The van der Waals surface area contributed by atoms with Gasteiger partial charge in [-0.25, -0.2) is 9.67 Å². The van der Waals surface area contributed by atoms with Gasteiger partial charge in [0.05, 0.1) is 17.5 Å². The summed E-state index contributed by atoms with van der Waals surface area (Å²) in [5, 5.41) is 6.12. The Morgan fingerprint density at radius 1 is 1.10 bits per heavy atom. The van der Waals surface area contributed by atoms with E-state index in [2.05, 4.69) is 10.00 Å². The van der Waals surface area contributed by atoms with Crippen LogP contribution in [0.15, 0.2) is 51.9 Å². The molecule has 1 aliphatic heterocycles. The lowest BCUT2D eigenvalue weighted by Crippen LogP contribution is -2.29. The third kappa shape index (κ3) is 3.45. The van der Waals surface area contributed by atoms with Crippen molar-refractivity contribution < 1.29 is 4.42 Å². The van der Waals surface area contributed by atoms with E-state index in [1.54, 1.807) is 6.26 Å². The number of nitrogens with zero attached hydrogens (tertiary/aromatic N) is 4. The van der Waals surface area contributed by atoms with Gasteiger partial charge in [0.15, 0.2) is 16.4 Å². The first-order valence-corrected chi connectivity index (χ1v) is 10.8. The number of rotatable bonds is 4. The first-order chi connectivity index (χ1) is 14.2. The van der Waals surface area contributed by atoms with Gasteiger partial charge in [-0.1, -0.05) is 41.1 Å². The molecule has 1 aliphatic rings. The van der Waals surface area contributed by atoms with Crippen molar-refractivity contribution in [2.45, 2.75) is 25.8 Å². The van der Waals surface area contributed by atoms with Gasteiger partial charge in [-0.05, 0) is 43.0 Å². The van der Waals surface area contributed by atoms with Crippen molar-refractivity contribution in [1.29, 1.82) is 0 Å². The van der Waals surface area contributed by atoms with Crippen LogP contribution < -0.4 is 10.5 Å². The molecule has 8 heteroatoms. The summed E-state index contributed by atoms with van der Waals surface area (Å²) in [6.45, 7) is 2.22. The van der Waals surface area contributed by atoms with E-state index in [1.807, 2.05) is 36.4 Å². The number of hydrogen-bond donors (Lipinski definition) is 0. The molecule has 3 aromatic heterocycles. The molecule has 0 unspecified atom stereocenters. The van der Waals surface area contributed by atoms with E-state index in [1.165, 1.54) is 22.4 Å². The summed E-state index contributed by atoms with van der Waals surface area (Å²) in [5.74, 6) is 0.622. The van der Waals surface area contributed by atoms with Crippen LogP contribution in [-0.2, 0) is 6.54 Å². The van der Waals surface area contributed by atoms with Crippen molar-refractivity contribution in [3.8, 4) is 11.5 Å². The Balaban J connectivity index is 1.67. The molecule has 0 amide bonds. The van der Waals surface area contributed by atoms with Crippen molar-refractivity contribution in [3.05, 3.63) is 63.6 Å². The minimum absolute atomic E-state index is 0.213. The predicted octanol–water partition coefficient (Wildman–Crippen LogP) is 4.81. The highest BCUT2D eigenvalue weighted by molar-refractivity contribution is 7.22. The average molecular weight is 427 g/mol. The number of furan rings is 1. The van der Waals surface area contributed by atoms with Gasteiger partial charge in [0.25, 0.3) is 5.56 Å². The molecule has 148 valence electrons. The summed E-state index contributed by atoms with van der Waals surface area (Å²) in [5.41, 5.74) is 1.69. The Labute approximate surface area is 176 Å². The fraction of sp³-hybridized carbons (Fsp3) is 0.286. The van der Waals surface area contributed by atoms with Gasteiger partial charge in [0, 0.05) is 18.1 Å². The monoisotopic (exact) mass is 426 g/mol. The predicted molar refractivity (Wildman–Crippen MR) is 116 cm³/mol. The highest BCUT2D eigenvalue weighted by Crippen LogP contribution is 2.35. The molecule has 1 saturated heterocycles. The molecule has 0 saturated carbocycles. The molecule has 0 N–H and O–H groups in total. The lowest BCUT2D eigenvalue weighted by Gasteiger charge is -2.25. The van der Waals surface area contributed by atoms with E-state index in [0.717, 1.165) is 41.3 Å². The second-order valence-electron chi connectivity index (χ2n) is 7.10. The zero-order chi connectivity index (χ0) is 19.8. The zero-order valence-electron chi connectivity index (χ0n) is 15.7. The van der Waals surface area contributed by atoms with E-state index in [4.69, 9.17) is 21.0 Å². The number of anilines is 1. The molecule has 0 aliphatic carbocycles. The van der Waals surface area contributed by atoms with Crippen LogP contribution in [0, 0.1) is 0 Å². The van der Waals surface area contributed by atoms with Gasteiger partial charge >= 0.3 is 0 Å². The van der Waals surface area contributed by atoms with Gasteiger partial charge in [0.2, 0.25) is 0 Å². The highest BCUT2D eigenvalue weighted by atomic mass is 35.5. The number of benzene rings is 1.